The molecule has 0 aliphatic carbocycles. The lowest BCUT2D eigenvalue weighted by Gasteiger charge is -2.02. The number of carbonyl (C=O) groups is 1. The largest absolute Gasteiger partial charge is 0.494 e. The Morgan fingerprint density at radius 1 is 1.47 bits per heavy atom. The molecule has 3 nitrogen and oxygen atoms in total. The Labute approximate surface area is 97.8 Å². The van der Waals surface area contributed by atoms with Crippen LogP contribution < -0.4 is 10.1 Å². The molecule has 1 aromatic rings. The summed E-state index contributed by atoms with van der Waals surface area (Å²) in [6, 6.07) is 2.26. The van der Waals surface area contributed by atoms with Gasteiger partial charge in [0, 0.05) is 12.5 Å². The van der Waals surface area contributed by atoms with Crippen LogP contribution in [0.4, 0.5) is 8.78 Å². The summed E-state index contributed by atoms with van der Waals surface area (Å²) in [7, 11) is 1.24. The van der Waals surface area contributed by atoms with E-state index in [9.17, 15) is 13.6 Å². The monoisotopic (exact) mass is 239 g/mol. The number of carbonyl (C=O) groups excluding carboxylic acids is 1. The van der Waals surface area contributed by atoms with E-state index < -0.39 is 11.6 Å². The number of amides is 1. The maximum Gasteiger partial charge on any atom is 0.217 e. The van der Waals surface area contributed by atoms with Crippen LogP contribution in [0.1, 0.15) is 12.5 Å². The number of ether oxygens (including phenoxy) is 1. The Balaban J connectivity index is 2.85. The normalized spacial score (nSPS) is 9.18. The lowest BCUT2D eigenvalue weighted by Crippen LogP contribution is -2.19. The molecule has 0 bridgehead atoms. The molecule has 0 radical (unpaired) electrons. The van der Waals surface area contributed by atoms with Gasteiger partial charge in [-0.25, -0.2) is 4.39 Å². The van der Waals surface area contributed by atoms with E-state index in [0.29, 0.717) is 0 Å². The number of hydrogen-bond acceptors (Lipinski definition) is 2. The summed E-state index contributed by atoms with van der Waals surface area (Å²) in [5.41, 5.74) is 0.283. The predicted octanol–water partition coefficient (Wildman–Crippen LogP) is 1.46. The van der Waals surface area contributed by atoms with Crippen molar-refractivity contribution in [2.24, 2.45) is 0 Å². The molecular formula is C12H11F2NO2. The molecule has 1 amide bonds. The topological polar surface area (TPSA) is 38.3 Å². The first-order valence-electron chi connectivity index (χ1n) is 4.81. The molecule has 0 heterocycles. The standard InChI is InChI=1S/C12H11F2NO2/c1-8(16)15-5-3-4-9-6-10(13)12(14)11(7-9)17-2/h6-7H,5H2,1-2H3,(H,15,16). The second-order valence-electron chi connectivity index (χ2n) is 3.19. The molecule has 1 rings (SSSR count). The van der Waals surface area contributed by atoms with Crippen molar-refractivity contribution < 1.29 is 18.3 Å². The minimum Gasteiger partial charge on any atom is -0.494 e. The molecule has 0 aliphatic heterocycles. The Kier molecular flexibility index (Phi) is 4.46. The second-order valence-corrected chi connectivity index (χ2v) is 3.19. The summed E-state index contributed by atoms with van der Waals surface area (Å²) >= 11 is 0. The molecular weight excluding hydrogens is 228 g/mol. The molecule has 0 spiro atoms. The number of benzene rings is 1. The van der Waals surface area contributed by atoms with Gasteiger partial charge in [-0.2, -0.15) is 4.39 Å². The van der Waals surface area contributed by atoms with Crippen molar-refractivity contribution in [2.75, 3.05) is 13.7 Å². The van der Waals surface area contributed by atoms with Crippen LogP contribution >= 0.6 is 0 Å². The van der Waals surface area contributed by atoms with Crippen LogP contribution in [-0.4, -0.2) is 19.6 Å². The number of halogens is 2. The van der Waals surface area contributed by atoms with Crippen molar-refractivity contribution in [3.63, 3.8) is 0 Å². The van der Waals surface area contributed by atoms with Crippen molar-refractivity contribution in [1.29, 1.82) is 0 Å². The fraction of sp³-hybridized carbons (Fsp3) is 0.250. The van der Waals surface area contributed by atoms with Crippen LogP contribution in [0, 0.1) is 23.5 Å². The van der Waals surface area contributed by atoms with Gasteiger partial charge in [-0.15, -0.1) is 0 Å². The molecule has 0 saturated carbocycles. The zero-order valence-corrected chi connectivity index (χ0v) is 9.43. The Bertz CT molecular complexity index is 489. The van der Waals surface area contributed by atoms with Gasteiger partial charge >= 0.3 is 0 Å². The average molecular weight is 239 g/mol. The van der Waals surface area contributed by atoms with Gasteiger partial charge in [0.2, 0.25) is 11.7 Å². The number of nitrogens with one attached hydrogen (secondary N) is 1. The van der Waals surface area contributed by atoms with Crippen LogP contribution in [0.3, 0.4) is 0 Å². The third-order valence-electron chi connectivity index (χ3n) is 1.87. The summed E-state index contributed by atoms with van der Waals surface area (Å²) in [5.74, 6) is 2.73. The van der Waals surface area contributed by atoms with Gasteiger partial charge in [0.25, 0.3) is 0 Å². The predicted molar refractivity (Wildman–Crippen MR) is 58.5 cm³/mol. The van der Waals surface area contributed by atoms with Crippen LogP contribution in [0.2, 0.25) is 0 Å². The van der Waals surface area contributed by atoms with Crippen molar-refractivity contribution in [3.05, 3.63) is 29.3 Å². The van der Waals surface area contributed by atoms with Crippen LogP contribution in [0.25, 0.3) is 0 Å². The highest BCUT2D eigenvalue weighted by Gasteiger charge is 2.09. The molecule has 0 unspecified atom stereocenters. The average Bonchev–Trinajstić information content (AvgIpc) is 2.28. The summed E-state index contributed by atoms with van der Waals surface area (Å²) < 4.78 is 30.8. The molecule has 1 N–H and O–H groups in total. The van der Waals surface area contributed by atoms with Gasteiger partial charge < -0.3 is 10.1 Å². The third-order valence-corrected chi connectivity index (χ3v) is 1.87. The van der Waals surface area contributed by atoms with Crippen LogP contribution in [-0.2, 0) is 4.79 Å². The Morgan fingerprint density at radius 3 is 2.76 bits per heavy atom. The highest BCUT2D eigenvalue weighted by atomic mass is 19.2. The van der Waals surface area contributed by atoms with E-state index in [1.165, 1.54) is 20.1 Å². The van der Waals surface area contributed by atoms with Gasteiger partial charge in [0.1, 0.15) is 0 Å². The molecule has 5 heteroatoms. The van der Waals surface area contributed by atoms with Crippen LogP contribution in [0.5, 0.6) is 5.75 Å². The van der Waals surface area contributed by atoms with Crippen molar-refractivity contribution >= 4 is 5.91 Å². The second kappa shape index (κ2) is 5.85. The van der Waals surface area contributed by atoms with Crippen molar-refractivity contribution in [3.8, 4) is 17.6 Å². The summed E-state index contributed by atoms with van der Waals surface area (Å²) in [6.45, 7) is 1.51. The minimum absolute atomic E-state index is 0.149. The van der Waals surface area contributed by atoms with E-state index >= 15 is 0 Å². The fourth-order valence-corrected chi connectivity index (χ4v) is 1.10. The SMILES string of the molecule is COc1cc(C#CCNC(C)=O)cc(F)c1F. The van der Waals surface area contributed by atoms with Crippen molar-refractivity contribution in [2.45, 2.75) is 6.92 Å². The molecule has 1 aromatic carbocycles. The quantitative estimate of drug-likeness (QED) is 0.793. The lowest BCUT2D eigenvalue weighted by atomic mass is 10.2. The summed E-state index contributed by atoms with van der Waals surface area (Å²) in [5, 5.41) is 2.46. The number of hydrogen-bond donors (Lipinski definition) is 1. The zero-order chi connectivity index (χ0) is 12.8. The summed E-state index contributed by atoms with van der Waals surface area (Å²) in [6.07, 6.45) is 0. The maximum absolute atomic E-state index is 13.1. The summed E-state index contributed by atoms with van der Waals surface area (Å²) in [4.78, 5) is 10.5. The number of rotatable bonds is 2. The zero-order valence-electron chi connectivity index (χ0n) is 9.43. The highest BCUT2D eigenvalue weighted by molar-refractivity contribution is 5.73. The van der Waals surface area contributed by atoms with E-state index in [-0.39, 0.29) is 23.8 Å². The van der Waals surface area contributed by atoms with E-state index in [1.807, 2.05) is 0 Å². The highest BCUT2D eigenvalue weighted by Crippen LogP contribution is 2.21. The third kappa shape index (κ3) is 3.76. The first-order valence-corrected chi connectivity index (χ1v) is 4.81. The molecule has 0 saturated heterocycles. The van der Waals surface area contributed by atoms with Gasteiger partial charge in [-0.05, 0) is 12.1 Å². The Hall–Kier alpha value is -2.09. The van der Waals surface area contributed by atoms with Gasteiger partial charge in [-0.1, -0.05) is 11.8 Å². The molecule has 90 valence electrons. The Morgan fingerprint density at radius 2 is 2.18 bits per heavy atom. The maximum atomic E-state index is 13.1. The van der Waals surface area contributed by atoms with E-state index in [1.54, 1.807) is 0 Å². The minimum atomic E-state index is -1.04. The first-order chi connectivity index (χ1) is 8.04. The van der Waals surface area contributed by atoms with E-state index in [4.69, 9.17) is 0 Å². The molecule has 0 aliphatic rings. The smallest absolute Gasteiger partial charge is 0.217 e. The lowest BCUT2D eigenvalue weighted by molar-refractivity contribution is -0.118. The van der Waals surface area contributed by atoms with Gasteiger partial charge in [0.15, 0.2) is 11.6 Å². The molecule has 0 fully saturated rings. The van der Waals surface area contributed by atoms with Gasteiger partial charge in [0.05, 0.1) is 13.7 Å². The van der Waals surface area contributed by atoms with E-state index in [0.717, 1.165) is 6.07 Å². The first kappa shape index (κ1) is 13.0. The van der Waals surface area contributed by atoms with E-state index in [2.05, 4.69) is 21.9 Å². The molecule has 0 atom stereocenters. The molecule has 0 aromatic heterocycles. The molecule has 17 heavy (non-hydrogen) atoms. The number of methoxy groups -OCH3 is 1. The fourth-order valence-electron chi connectivity index (χ4n) is 1.10. The van der Waals surface area contributed by atoms with Gasteiger partial charge in [-0.3, -0.25) is 4.79 Å². The van der Waals surface area contributed by atoms with Crippen molar-refractivity contribution in [1.82, 2.24) is 5.32 Å². The van der Waals surface area contributed by atoms with Crippen LogP contribution in [0.15, 0.2) is 12.1 Å².